The number of aromatic nitrogens is 2. The van der Waals surface area contributed by atoms with Crippen LogP contribution in [0.1, 0.15) is 31.2 Å². The van der Waals surface area contributed by atoms with E-state index in [9.17, 15) is 9.18 Å². The van der Waals surface area contributed by atoms with Crippen LogP contribution in [-0.2, 0) is 13.6 Å². The van der Waals surface area contributed by atoms with Crippen molar-refractivity contribution in [1.29, 1.82) is 0 Å². The molecule has 22 heavy (non-hydrogen) atoms. The molecule has 0 aliphatic heterocycles. The summed E-state index contributed by atoms with van der Waals surface area (Å²) in [6.45, 7) is 0.550. The smallest absolute Gasteiger partial charge is 0.271 e. The number of hydrogen-bond acceptors (Lipinski definition) is 3. The molecule has 1 fully saturated rings. The highest BCUT2D eigenvalue weighted by Gasteiger charge is 2.15. The van der Waals surface area contributed by atoms with Crippen molar-refractivity contribution in [2.75, 3.05) is 0 Å². The van der Waals surface area contributed by atoms with Gasteiger partial charge in [0.2, 0.25) is 0 Å². The van der Waals surface area contributed by atoms with Crippen LogP contribution in [0, 0.1) is 5.82 Å². The van der Waals surface area contributed by atoms with Crippen molar-refractivity contribution < 1.29 is 4.39 Å². The lowest BCUT2D eigenvalue weighted by Gasteiger charge is -2.13. The van der Waals surface area contributed by atoms with E-state index in [0.29, 0.717) is 23.8 Å². The molecule has 0 unspecified atom stereocenters. The molecule has 0 spiro atoms. The fourth-order valence-electron chi connectivity index (χ4n) is 2.94. The van der Waals surface area contributed by atoms with Gasteiger partial charge >= 0.3 is 0 Å². The molecule has 1 aliphatic carbocycles. The molecule has 1 aromatic heterocycles. The Bertz CT molecular complexity index is 703. The van der Waals surface area contributed by atoms with Crippen LogP contribution < -0.4 is 10.9 Å². The van der Waals surface area contributed by atoms with Gasteiger partial charge in [0.05, 0.1) is 5.69 Å². The summed E-state index contributed by atoms with van der Waals surface area (Å²) in [6, 6.07) is 8.47. The van der Waals surface area contributed by atoms with Gasteiger partial charge in [-0.1, -0.05) is 12.8 Å². The summed E-state index contributed by atoms with van der Waals surface area (Å²) < 4.78 is 14.4. The van der Waals surface area contributed by atoms with Gasteiger partial charge in [0.25, 0.3) is 5.56 Å². The van der Waals surface area contributed by atoms with Crippen molar-refractivity contribution >= 4 is 0 Å². The maximum Gasteiger partial charge on any atom is 0.271 e. The minimum Gasteiger partial charge on any atom is -0.310 e. The van der Waals surface area contributed by atoms with Crippen molar-refractivity contribution in [1.82, 2.24) is 15.1 Å². The number of hydrogen-bond donors (Lipinski definition) is 1. The van der Waals surface area contributed by atoms with E-state index in [-0.39, 0.29) is 11.4 Å². The van der Waals surface area contributed by atoms with Crippen LogP contribution in [0.5, 0.6) is 0 Å². The van der Waals surface area contributed by atoms with Gasteiger partial charge in [0.1, 0.15) is 5.82 Å². The van der Waals surface area contributed by atoms with Crippen molar-refractivity contribution in [3.05, 3.63) is 52.1 Å². The lowest BCUT2D eigenvalue weighted by molar-refractivity contribution is 0.518. The number of halogens is 1. The van der Waals surface area contributed by atoms with Crippen molar-refractivity contribution in [3.63, 3.8) is 0 Å². The topological polar surface area (TPSA) is 46.9 Å². The van der Waals surface area contributed by atoms with Crippen molar-refractivity contribution in [3.8, 4) is 11.3 Å². The molecular weight excluding hydrogens is 281 g/mol. The molecular formula is C17H20FN3O. The van der Waals surface area contributed by atoms with E-state index in [0.717, 1.165) is 5.56 Å². The summed E-state index contributed by atoms with van der Waals surface area (Å²) >= 11 is 0. The zero-order chi connectivity index (χ0) is 15.5. The summed E-state index contributed by atoms with van der Waals surface area (Å²) in [4.78, 5) is 12.2. The molecule has 3 rings (SSSR count). The summed E-state index contributed by atoms with van der Waals surface area (Å²) in [5.41, 5.74) is 2.10. The summed E-state index contributed by atoms with van der Waals surface area (Å²) in [6.07, 6.45) is 4.87. The number of benzene rings is 1. The first-order valence-corrected chi connectivity index (χ1v) is 7.70. The Morgan fingerprint density at radius 2 is 1.95 bits per heavy atom. The zero-order valence-electron chi connectivity index (χ0n) is 12.7. The summed E-state index contributed by atoms with van der Waals surface area (Å²) in [7, 11) is 1.65. The fraction of sp³-hybridized carbons (Fsp3) is 0.412. The van der Waals surface area contributed by atoms with E-state index in [1.807, 2.05) is 0 Å². The van der Waals surface area contributed by atoms with Gasteiger partial charge in [0, 0.05) is 30.8 Å². The van der Waals surface area contributed by atoms with Crippen LogP contribution >= 0.6 is 0 Å². The second-order valence-corrected chi connectivity index (χ2v) is 5.85. The highest BCUT2D eigenvalue weighted by Crippen LogP contribution is 2.19. The van der Waals surface area contributed by atoms with Crippen LogP contribution in [0.2, 0.25) is 0 Å². The van der Waals surface area contributed by atoms with Gasteiger partial charge in [-0.3, -0.25) is 4.79 Å². The van der Waals surface area contributed by atoms with Gasteiger partial charge in [0.15, 0.2) is 0 Å². The first-order chi connectivity index (χ1) is 10.6. The predicted molar refractivity (Wildman–Crippen MR) is 84.0 cm³/mol. The monoisotopic (exact) mass is 301 g/mol. The van der Waals surface area contributed by atoms with E-state index >= 15 is 0 Å². The van der Waals surface area contributed by atoms with Gasteiger partial charge in [-0.2, -0.15) is 5.10 Å². The summed E-state index contributed by atoms with van der Waals surface area (Å²) in [5.74, 6) is -0.281. The quantitative estimate of drug-likeness (QED) is 0.944. The minimum absolute atomic E-state index is 0.0867. The Morgan fingerprint density at radius 1 is 1.27 bits per heavy atom. The van der Waals surface area contributed by atoms with Gasteiger partial charge < -0.3 is 5.32 Å². The third kappa shape index (κ3) is 3.25. The summed E-state index contributed by atoms with van der Waals surface area (Å²) in [5, 5.41) is 7.72. The number of nitrogens with zero attached hydrogens (tertiary/aromatic N) is 2. The van der Waals surface area contributed by atoms with Crippen LogP contribution in [0.25, 0.3) is 11.3 Å². The number of rotatable bonds is 4. The van der Waals surface area contributed by atoms with E-state index in [2.05, 4.69) is 10.4 Å². The van der Waals surface area contributed by atoms with Gasteiger partial charge in [-0.25, -0.2) is 9.07 Å². The van der Waals surface area contributed by atoms with Gasteiger partial charge in [-0.05, 0) is 43.2 Å². The first kappa shape index (κ1) is 14.9. The standard InChI is InChI=1S/C17H20FN3O/c1-21-17(22)13(11-19-15-4-2-3-5-15)10-16(20-21)12-6-8-14(18)9-7-12/h6-10,15,19H,2-5,11H2,1H3. The molecule has 0 bridgehead atoms. The predicted octanol–water partition coefficient (Wildman–Crippen LogP) is 2.62. The lowest BCUT2D eigenvalue weighted by atomic mass is 10.1. The van der Waals surface area contributed by atoms with Crippen molar-refractivity contribution in [2.24, 2.45) is 7.05 Å². The molecule has 1 aromatic carbocycles. The minimum atomic E-state index is -0.281. The highest BCUT2D eigenvalue weighted by atomic mass is 19.1. The Morgan fingerprint density at radius 3 is 2.64 bits per heavy atom. The molecule has 1 aliphatic rings. The molecule has 0 saturated heterocycles. The van der Waals surface area contributed by atoms with E-state index in [4.69, 9.17) is 0 Å². The Balaban J connectivity index is 1.85. The third-order valence-corrected chi connectivity index (χ3v) is 4.21. The van der Waals surface area contributed by atoms with Crippen LogP contribution in [0.15, 0.2) is 35.1 Å². The molecule has 116 valence electrons. The lowest BCUT2D eigenvalue weighted by Crippen LogP contribution is -2.31. The average molecular weight is 301 g/mol. The maximum absolute atomic E-state index is 13.0. The van der Waals surface area contributed by atoms with Gasteiger partial charge in [-0.15, -0.1) is 0 Å². The second-order valence-electron chi connectivity index (χ2n) is 5.85. The average Bonchev–Trinajstić information content (AvgIpc) is 3.03. The number of aryl methyl sites for hydroxylation is 1. The molecule has 0 atom stereocenters. The highest BCUT2D eigenvalue weighted by molar-refractivity contribution is 5.58. The molecule has 1 saturated carbocycles. The molecule has 2 aromatic rings. The SMILES string of the molecule is Cn1nc(-c2ccc(F)cc2)cc(CNC2CCCC2)c1=O. The second kappa shape index (κ2) is 6.40. The third-order valence-electron chi connectivity index (χ3n) is 4.21. The molecule has 5 heteroatoms. The number of nitrogens with one attached hydrogen (secondary N) is 1. The van der Waals surface area contributed by atoms with E-state index < -0.39 is 0 Å². The zero-order valence-corrected chi connectivity index (χ0v) is 12.7. The Labute approximate surface area is 129 Å². The molecule has 0 radical (unpaired) electrons. The fourth-order valence-corrected chi connectivity index (χ4v) is 2.94. The van der Waals surface area contributed by atoms with Crippen LogP contribution in [0.3, 0.4) is 0 Å². The molecule has 1 N–H and O–H groups in total. The molecule has 1 heterocycles. The molecule has 4 nitrogen and oxygen atoms in total. The maximum atomic E-state index is 13.0. The first-order valence-electron chi connectivity index (χ1n) is 7.70. The largest absolute Gasteiger partial charge is 0.310 e. The van der Waals surface area contributed by atoms with E-state index in [1.165, 1.54) is 42.5 Å². The van der Waals surface area contributed by atoms with Crippen LogP contribution in [-0.4, -0.2) is 15.8 Å². The van der Waals surface area contributed by atoms with E-state index in [1.54, 1.807) is 25.2 Å². The Kier molecular flexibility index (Phi) is 4.34. The Hall–Kier alpha value is -2.01. The van der Waals surface area contributed by atoms with Crippen LogP contribution in [0.4, 0.5) is 4.39 Å². The van der Waals surface area contributed by atoms with Crippen molar-refractivity contribution in [2.45, 2.75) is 38.3 Å². The normalized spacial score (nSPS) is 15.4. The molecule has 0 amide bonds.